The number of carbonyl (C=O) groups is 2. The first-order valence-corrected chi connectivity index (χ1v) is 12.8. The van der Waals surface area contributed by atoms with Crippen LogP contribution in [0.1, 0.15) is 33.4 Å². The standard InChI is InChI=1S/C30H32FN3O5/c1-32-28(19-5-11-22(37-2)12-6-19)27(23-17-25(38-3)26(39-4)18-24(23)29(32)35)30(36)34-15-13-33(14-16-34)21-9-7-20(31)8-10-21/h5-12,17-18,27-28H,13-16H2,1-4H3/t27-,28+/m0/s1. The Morgan fingerprint density at radius 2 is 1.46 bits per heavy atom. The number of piperazine rings is 1. The smallest absolute Gasteiger partial charge is 0.254 e. The molecule has 0 saturated carbocycles. The summed E-state index contributed by atoms with van der Waals surface area (Å²) < 4.78 is 29.8. The van der Waals surface area contributed by atoms with Crippen molar-refractivity contribution in [3.8, 4) is 17.2 Å². The van der Waals surface area contributed by atoms with Crippen molar-refractivity contribution in [2.24, 2.45) is 0 Å². The molecule has 0 N–H and O–H groups in total. The van der Waals surface area contributed by atoms with Gasteiger partial charge in [0, 0.05) is 44.5 Å². The summed E-state index contributed by atoms with van der Waals surface area (Å²) in [6.45, 7) is 2.24. The van der Waals surface area contributed by atoms with Gasteiger partial charge in [0.05, 0.1) is 33.3 Å². The molecular weight excluding hydrogens is 501 g/mol. The number of anilines is 1. The van der Waals surface area contributed by atoms with Crippen LogP contribution in [0, 0.1) is 5.82 Å². The van der Waals surface area contributed by atoms with Crippen LogP contribution in [-0.4, -0.2) is 76.2 Å². The molecule has 1 fully saturated rings. The Morgan fingerprint density at radius 3 is 2.05 bits per heavy atom. The average Bonchev–Trinajstić information content (AvgIpc) is 2.98. The van der Waals surface area contributed by atoms with Crippen LogP contribution in [0.25, 0.3) is 0 Å². The number of nitrogens with zero attached hydrogens (tertiary/aromatic N) is 3. The number of amides is 2. The highest BCUT2D eigenvalue weighted by Crippen LogP contribution is 2.46. The number of ether oxygens (including phenoxy) is 3. The Labute approximate surface area is 227 Å². The zero-order valence-corrected chi connectivity index (χ0v) is 22.5. The van der Waals surface area contributed by atoms with Crippen molar-refractivity contribution in [1.29, 1.82) is 0 Å². The van der Waals surface area contributed by atoms with E-state index in [4.69, 9.17) is 14.2 Å². The van der Waals surface area contributed by atoms with Crippen molar-refractivity contribution >= 4 is 17.5 Å². The summed E-state index contributed by atoms with van der Waals surface area (Å²) in [6, 6.07) is 16.7. The van der Waals surface area contributed by atoms with Crippen LogP contribution < -0.4 is 19.1 Å². The lowest BCUT2D eigenvalue weighted by Crippen LogP contribution is -2.53. The van der Waals surface area contributed by atoms with E-state index >= 15 is 0 Å². The molecule has 2 aliphatic rings. The summed E-state index contributed by atoms with van der Waals surface area (Å²) in [5, 5.41) is 0. The molecule has 0 radical (unpaired) electrons. The van der Waals surface area contributed by atoms with Crippen molar-refractivity contribution in [2.75, 3.05) is 59.5 Å². The quantitative estimate of drug-likeness (QED) is 0.475. The van der Waals surface area contributed by atoms with Gasteiger partial charge in [-0.05, 0) is 59.7 Å². The van der Waals surface area contributed by atoms with Crippen LogP contribution >= 0.6 is 0 Å². The molecule has 2 heterocycles. The molecule has 0 unspecified atom stereocenters. The summed E-state index contributed by atoms with van der Waals surface area (Å²) in [6.07, 6.45) is 0. The minimum absolute atomic E-state index is 0.0672. The Hall–Kier alpha value is -4.27. The summed E-state index contributed by atoms with van der Waals surface area (Å²) in [7, 11) is 6.38. The van der Waals surface area contributed by atoms with E-state index in [-0.39, 0.29) is 17.6 Å². The van der Waals surface area contributed by atoms with Gasteiger partial charge in [-0.25, -0.2) is 4.39 Å². The molecule has 3 aromatic rings. The predicted molar refractivity (Wildman–Crippen MR) is 145 cm³/mol. The third-order valence-electron chi connectivity index (χ3n) is 7.68. The molecule has 5 rings (SSSR count). The maximum absolute atomic E-state index is 14.3. The fraction of sp³-hybridized carbons (Fsp3) is 0.333. The van der Waals surface area contributed by atoms with Crippen molar-refractivity contribution in [3.63, 3.8) is 0 Å². The van der Waals surface area contributed by atoms with E-state index in [0.29, 0.717) is 54.6 Å². The Balaban J connectivity index is 1.52. The Morgan fingerprint density at radius 1 is 0.846 bits per heavy atom. The number of hydrogen-bond acceptors (Lipinski definition) is 6. The molecule has 8 nitrogen and oxygen atoms in total. The SMILES string of the molecule is COc1ccc([C@@H]2[C@@H](C(=O)N3CCN(c4ccc(F)cc4)CC3)c3cc(OC)c(OC)cc3C(=O)N2C)cc1. The fourth-order valence-electron chi connectivity index (χ4n) is 5.57. The van der Waals surface area contributed by atoms with Gasteiger partial charge in [-0.15, -0.1) is 0 Å². The number of rotatable bonds is 6. The van der Waals surface area contributed by atoms with Gasteiger partial charge >= 0.3 is 0 Å². The number of halogens is 1. The highest BCUT2D eigenvalue weighted by atomic mass is 19.1. The van der Waals surface area contributed by atoms with Crippen LogP contribution in [-0.2, 0) is 4.79 Å². The van der Waals surface area contributed by atoms with E-state index in [0.717, 1.165) is 11.3 Å². The van der Waals surface area contributed by atoms with Gasteiger partial charge in [-0.3, -0.25) is 9.59 Å². The molecule has 0 spiro atoms. The lowest BCUT2D eigenvalue weighted by atomic mass is 9.78. The van der Waals surface area contributed by atoms with Gasteiger partial charge in [-0.1, -0.05) is 12.1 Å². The molecule has 0 aliphatic carbocycles. The van der Waals surface area contributed by atoms with Crippen LogP contribution in [0.4, 0.5) is 10.1 Å². The molecular formula is C30H32FN3O5. The second kappa shape index (κ2) is 10.8. The lowest BCUT2D eigenvalue weighted by molar-refractivity contribution is -0.134. The molecule has 1 saturated heterocycles. The second-order valence-electron chi connectivity index (χ2n) is 9.69. The summed E-state index contributed by atoms with van der Waals surface area (Å²) in [5.41, 5.74) is 2.78. The predicted octanol–water partition coefficient (Wildman–Crippen LogP) is 4.11. The zero-order chi connectivity index (χ0) is 27.7. The molecule has 9 heteroatoms. The van der Waals surface area contributed by atoms with Crippen LogP contribution in [0.2, 0.25) is 0 Å². The maximum atomic E-state index is 14.3. The molecule has 39 heavy (non-hydrogen) atoms. The molecule has 0 aromatic heterocycles. The Bertz CT molecular complexity index is 1350. The largest absolute Gasteiger partial charge is 0.497 e. The summed E-state index contributed by atoms with van der Waals surface area (Å²) in [5.74, 6) is 0.377. The number of hydrogen-bond donors (Lipinski definition) is 0. The van der Waals surface area contributed by atoms with E-state index in [2.05, 4.69) is 4.90 Å². The van der Waals surface area contributed by atoms with Crippen LogP contribution in [0.5, 0.6) is 17.2 Å². The van der Waals surface area contributed by atoms with Gasteiger partial charge in [0.15, 0.2) is 11.5 Å². The van der Waals surface area contributed by atoms with Crippen molar-refractivity contribution in [1.82, 2.24) is 9.80 Å². The van der Waals surface area contributed by atoms with Gasteiger partial charge < -0.3 is 28.9 Å². The number of benzene rings is 3. The molecule has 2 amide bonds. The normalized spacial score (nSPS) is 19.0. The van der Waals surface area contributed by atoms with Crippen molar-refractivity contribution in [3.05, 3.63) is 83.2 Å². The van der Waals surface area contributed by atoms with Gasteiger partial charge in [0.2, 0.25) is 5.91 Å². The molecule has 0 bridgehead atoms. The number of carbonyl (C=O) groups excluding carboxylic acids is 2. The van der Waals surface area contributed by atoms with E-state index in [1.165, 1.54) is 26.4 Å². The van der Waals surface area contributed by atoms with Crippen molar-refractivity contribution < 1.29 is 28.2 Å². The monoisotopic (exact) mass is 533 g/mol. The Kier molecular flexibility index (Phi) is 7.32. The minimum atomic E-state index is -0.659. The fourth-order valence-corrected chi connectivity index (χ4v) is 5.57. The van der Waals surface area contributed by atoms with E-state index < -0.39 is 12.0 Å². The molecule has 2 atom stereocenters. The van der Waals surface area contributed by atoms with Crippen LogP contribution in [0.15, 0.2) is 60.7 Å². The first-order valence-electron chi connectivity index (χ1n) is 12.8. The zero-order valence-electron chi connectivity index (χ0n) is 22.5. The molecule has 204 valence electrons. The number of likely N-dealkylation sites (N-methyl/N-ethyl adjacent to an activating group) is 1. The maximum Gasteiger partial charge on any atom is 0.254 e. The van der Waals surface area contributed by atoms with E-state index in [9.17, 15) is 14.0 Å². The molecule has 3 aromatic carbocycles. The first kappa shape index (κ1) is 26.3. The van der Waals surface area contributed by atoms with Gasteiger partial charge in [-0.2, -0.15) is 0 Å². The highest BCUT2D eigenvalue weighted by Gasteiger charge is 2.45. The topological polar surface area (TPSA) is 71.5 Å². The lowest BCUT2D eigenvalue weighted by Gasteiger charge is -2.43. The molecule has 2 aliphatic heterocycles. The van der Waals surface area contributed by atoms with Gasteiger partial charge in [0.1, 0.15) is 11.6 Å². The summed E-state index contributed by atoms with van der Waals surface area (Å²) in [4.78, 5) is 33.6. The first-order chi connectivity index (χ1) is 18.9. The number of fused-ring (bicyclic) bond motifs is 1. The van der Waals surface area contributed by atoms with Crippen molar-refractivity contribution in [2.45, 2.75) is 12.0 Å². The number of methoxy groups -OCH3 is 3. The second-order valence-corrected chi connectivity index (χ2v) is 9.69. The average molecular weight is 534 g/mol. The van der Waals surface area contributed by atoms with Gasteiger partial charge in [0.25, 0.3) is 5.91 Å². The van der Waals surface area contributed by atoms with E-state index in [1.54, 1.807) is 43.3 Å². The third-order valence-corrected chi connectivity index (χ3v) is 7.68. The highest BCUT2D eigenvalue weighted by molar-refractivity contribution is 6.02. The van der Waals surface area contributed by atoms with E-state index in [1.807, 2.05) is 29.2 Å². The minimum Gasteiger partial charge on any atom is -0.497 e. The summed E-state index contributed by atoms with van der Waals surface area (Å²) >= 11 is 0. The third kappa shape index (κ3) is 4.84. The van der Waals surface area contributed by atoms with Crippen LogP contribution in [0.3, 0.4) is 0 Å².